The van der Waals surface area contributed by atoms with Gasteiger partial charge in [0.2, 0.25) is 0 Å². The van der Waals surface area contributed by atoms with E-state index < -0.39 is 0 Å². The second kappa shape index (κ2) is 6.37. The molecule has 1 amide bonds. The van der Waals surface area contributed by atoms with Gasteiger partial charge >= 0.3 is 0 Å². The van der Waals surface area contributed by atoms with E-state index in [1.54, 1.807) is 0 Å². The van der Waals surface area contributed by atoms with Crippen LogP contribution in [0.1, 0.15) is 47.4 Å². The molecule has 4 heterocycles. The third-order valence-corrected chi connectivity index (χ3v) is 5.63. The van der Waals surface area contributed by atoms with Gasteiger partial charge in [-0.05, 0) is 55.7 Å². The van der Waals surface area contributed by atoms with Crippen molar-refractivity contribution in [2.24, 2.45) is 0 Å². The molecular weight excluding hydrogens is 340 g/mol. The molecule has 0 spiro atoms. The summed E-state index contributed by atoms with van der Waals surface area (Å²) in [4.78, 5) is 14.9. The molecular formula is C21H22N4O2. The summed E-state index contributed by atoms with van der Waals surface area (Å²) in [6.07, 6.45) is 4.90. The molecule has 27 heavy (non-hydrogen) atoms. The van der Waals surface area contributed by atoms with Gasteiger partial charge in [-0.25, -0.2) is 0 Å². The molecule has 1 saturated heterocycles. The molecule has 138 valence electrons. The van der Waals surface area contributed by atoms with Gasteiger partial charge in [-0.15, -0.1) is 10.2 Å². The maximum absolute atomic E-state index is 12.9. The van der Waals surface area contributed by atoms with E-state index in [9.17, 15) is 4.79 Å². The number of pyridine rings is 1. The average Bonchev–Trinajstić information content (AvgIpc) is 3.29. The van der Waals surface area contributed by atoms with Crippen LogP contribution >= 0.6 is 0 Å². The van der Waals surface area contributed by atoms with Crippen LogP contribution in [0.4, 0.5) is 0 Å². The van der Waals surface area contributed by atoms with E-state index in [0.29, 0.717) is 5.92 Å². The maximum atomic E-state index is 12.9. The van der Waals surface area contributed by atoms with Crippen LogP contribution in [0.2, 0.25) is 0 Å². The number of nitrogens with zero attached hydrogens (tertiary/aromatic N) is 4. The van der Waals surface area contributed by atoms with Crippen LogP contribution in [0, 0.1) is 0 Å². The summed E-state index contributed by atoms with van der Waals surface area (Å²) in [6, 6.07) is 11.7. The van der Waals surface area contributed by atoms with E-state index >= 15 is 0 Å². The molecule has 2 aromatic heterocycles. The molecule has 2 aliphatic heterocycles. The maximum Gasteiger partial charge on any atom is 0.253 e. The molecule has 1 aromatic carbocycles. The lowest BCUT2D eigenvalue weighted by atomic mass is 9.95. The molecule has 0 unspecified atom stereocenters. The van der Waals surface area contributed by atoms with Crippen LogP contribution in [0.3, 0.4) is 0 Å². The zero-order chi connectivity index (χ0) is 18.4. The summed E-state index contributed by atoms with van der Waals surface area (Å²) in [5.41, 5.74) is 2.77. The minimum absolute atomic E-state index is 0.113. The molecule has 1 atom stereocenters. The van der Waals surface area contributed by atoms with Crippen LogP contribution in [0.5, 0.6) is 5.75 Å². The summed E-state index contributed by atoms with van der Waals surface area (Å²) >= 11 is 0. The molecule has 6 heteroatoms. The first kappa shape index (κ1) is 16.3. The smallest absolute Gasteiger partial charge is 0.253 e. The van der Waals surface area contributed by atoms with E-state index in [1.807, 2.05) is 47.5 Å². The normalized spacial score (nSPS) is 19.9. The first-order valence-electron chi connectivity index (χ1n) is 9.57. The van der Waals surface area contributed by atoms with Crippen LogP contribution in [0.15, 0.2) is 42.6 Å². The number of rotatable bonds is 2. The molecule has 0 bridgehead atoms. The van der Waals surface area contributed by atoms with Crippen molar-refractivity contribution in [3.63, 3.8) is 0 Å². The Labute approximate surface area is 157 Å². The number of benzene rings is 1. The van der Waals surface area contributed by atoms with Crippen molar-refractivity contribution in [3.8, 4) is 5.75 Å². The molecule has 2 aliphatic rings. The SMILES string of the molecule is C[C@@H]1Cc2cc(C(=O)N3CCC(c4nnc5ccccn45)CC3)ccc2O1. The van der Waals surface area contributed by atoms with Gasteiger partial charge in [0.15, 0.2) is 5.65 Å². The van der Waals surface area contributed by atoms with Gasteiger partial charge in [-0.3, -0.25) is 9.20 Å². The van der Waals surface area contributed by atoms with Crippen LogP contribution < -0.4 is 4.74 Å². The van der Waals surface area contributed by atoms with Gasteiger partial charge in [0.1, 0.15) is 17.7 Å². The Bertz CT molecular complexity index is 1000. The van der Waals surface area contributed by atoms with Gasteiger partial charge < -0.3 is 9.64 Å². The molecule has 0 N–H and O–H groups in total. The third-order valence-electron chi connectivity index (χ3n) is 5.63. The van der Waals surface area contributed by atoms with Gasteiger partial charge in [-0.2, -0.15) is 0 Å². The number of amides is 1. The monoisotopic (exact) mass is 362 g/mol. The lowest BCUT2D eigenvalue weighted by molar-refractivity contribution is 0.0711. The first-order valence-corrected chi connectivity index (χ1v) is 9.57. The second-order valence-corrected chi connectivity index (χ2v) is 7.51. The van der Waals surface area contributed by atoms with Gasteiger partial charge in [-0.1, -0.05) is 6.07 Å². The van der Waals surface area contributed by atoms with E-state index in [1.165, 1.54) is 0 Å². The summed E-state index contributed by atoms with van der Waals surface area (Å²) in [5, 5.41) is 8.64. The number of carbonyl (C=O) groups is 1. The topological polar surface area (TPSA) is 59.7 Å². The molecule has 5 rings (SSSR count). The predicted molar refractivity (Wildman–Crippen MR) is 101 cm³/mol. The van der Waals surface area contributed by atoms with Crippen LogP contribution in [-0.2, 0) is 6.42 Å². The number of fused-ring (bicyclic) bond motifs is 2. The number of likely N-dealkylation sites (tertiary alicyclic amines) is 1. The average molecular weight is 362 g/mol. The zero-order valence-corrected chi connectivity index (χ0v) is 15.3. The number of ether oxygens (including phenoxy) is 1. The zero-order valence-electron chi connectivity index (χ0n) is 15.3. The number of hydrogen-bond donors (Lipinski definition) is 0. The third kappa shape index (κ3) is 2.85. The fourth-order valence-corrected chi connectivity index (χ4v) is 4.22. The van der Waals surface area contributed by atoms with E-state index in [2.05, 4.69) is 21.5 Å². The Morgan fingerprint density at radius 1 is 1.15 bits per heavy atom. The summed E-state index contributed by atoms with van der Waals surface area (Å²) in [5.74, 6) is 2.36. The van der Waals surface area contributed by atoms with Gasteiger partial charge in [0.25, 0.3) is 5.91 Å². The number of hydrogen-bond acceptors (Lipinski definition) is 4. The van der Waals surface area contributed by atoms with Crippen LogP contribution in [-0.4, -0.2) is 44.6 Å². The van der Waals surface area contributed by atoms with Crippen molar-refractivity contribution in [2.75, 3.05) is 13.1 Å². The Morgan fingerprint density at radius 2 is 2.00 bits per heavy atom. The molecule has 1 fully saturated rings. The Morgan fingerprint density at radius 3 is 2.85 bits per heavy atom. The van der Waals surface area contributed by atoms with Crippen molar-refractivity contribution >= 4 is 11.6 Å². The first-order chi connectivity index (χ1) is 13.2. The van der Waals surface area contributed by atoms with Crippen molar-refractivity contribution in [1.82, 2.24) is 19.5 Å². The minimum atomic E-state index is 0.113. The van der Waals surface area contributed by atoms with Gasteiger partial charge in [0, 0.05) is 37.2 Å². The number of piperidine rings is 1. The van der Waals surface area contributed by atoms with Crippen molar-refractivity contribution < 1.29 is 9.53 Å². The molecule has 3 aromatic rings. The minimum Gasteiger partial charge on any atom is -0.490 e. The van der Waals surface area contributed by atoms with E-state index in [4.69, 9.17) is 4.74 Å². The molecule has 0 radical (unpaired) electrons. The summed E-state index contributed by atoms with van der Waals surface area (Å²) < 4.78 is 7.80. The fraction of sp³-hybridized carbons (Fsp3) is 0.381. The summed E-state index contributed by atoms with van der Waals surface area (Å²) in [6.45, 7) is 3.55. The molecule has 0 saturated carbocycles. The van der Waals surface area contributed by atoms with E-state index in [0.717, 1.165) is 60.7 Å². The lowest BCUT2D eigenvalue weighted by Crippen LogP contribution is -2.38. The lowest BCUT2D eigenvalue weighted by Gasteiger charge is -2.31. The fourth-order valence-electron chi connectivity index (χ4n) is 4.22. The molecule has 6 nitrogen and oxygen atoms in total. The standard InChI is InChI=1S/C21H22N4O2/c1-14-12-17-13-16(5-6-18(17)27-14)21(26)24-10-7-15(8-11-24)20-23-22-19-4-2-3-9-25(19)20/h2-6,9,13-15H,7-8,10-12H2,1H3/t14-/m1/s1. The highest BCUT2D eigenvalue weighted by Crippen LogP contribution is 2.31. The van der Waals surface area contributed by atoms with Crippen molar-refractivity contribution in [1.29, 1.82) is 0 Å². The highest BCUT2D eigenvalue weighted by molar-refractivity contribution is 5.94. The molecule has 0 aliphatic carbocycles. The van der Waals surface area contributed by atoms with Crippen molar-refractivity contribution in [2.45, 2.75) is 38.2 Å². The highest BCUT2D eigenvalue weighted by Gasteiger charge is 2.28. The van der Waals surface area contributed by atoms with Crippen LogP contribution in [0.25, 0.3) is 5.65 Å². The second-order valence-electron chi connectivity index (χ2n) is 7.51. The van der Waals surface area contributed by atoms with E-state index in [-0.39, 0.29) is 12.0 Å². The Kier molecular flexibility index (Phi) is 3.85. The Balaban J connectivity index is 1.29. The highest BCUT2D eigenvalue weighted by atomic mass is 16.5. The number of aromatic nitrogens is 3. The quantitative estimate of drug-likeness (QED) is 0.703. The summed E-state index contributed by atoms with van der Waals surface area (Å²) in [7, 11) is 0. The predicted octanol–water partition coefficient (Wildman–Crippen LogP) is 3.07. The number of carbonyl (C=O) groups excluding carboxylic acids is 1. The largest absolute Gasteiger partial charge is 0.490 e. The van der Waals surface area contributed by atoms with Crippen molar-refractivity contribution in [3.05, 3.63) is 59.5 Å². The van der Waals surface area contributed by atoms with Gasteiger partial charge in [0.05, 0.1) is 0 Å². The Hall–Kier alpha value is -2.89.